The van der Waals surface area contributed by atoms with Gasteiger partial charge in [0.2, 0.25) is 5.91 Å². The third kappa shape index (κ3) is 5.19. The first-order chi connectivity index (χ1) is 8.52. The third-order valence-electron chi connectivity index (χ3n) is 2.97. The average molecular weight is 313 g/mol. The Morgan fingerprint density at radius 2 is 2.17 bits per heavy atom. The van der Waals surface area contributed by atoms with E-state index in [9.17, 15) is 4.79 Å². The lowest BCUT2D eigenvalue weighted by molar-refractivity contribution is -0.116. The molecule has 0 saturated heterocycles. The molecule has 1 unspecified atom stereocenters. The zero-order valence-corrected chi connectivity index (χ0v) is 12.6. The van der Waals surface area contributed by atoms with Crippen LogP contribution in [0.3, 0.4) is 0 Å². The Balaban J connectivity index is 2.42. The van der Waals surface area contributed by atoms with Gasteiger partial charge < -0.3 is 11.1 Å². The highest BCUT2D eigenvalue weighted by Crippen LogP contribution is 2.20. The normalized spacial score (nSPS) is 12.2. The van der Waals surface area contributed by atoms with Crippen LogP contribution in [0, 0.1) is 12.8 Å². The average Bonchev–Trinajstić information content (AvgIpc) is 2.32. The molecule has 18 heavy (non-hydrogen) atoms. The number of nitrogens with two attached hydrogens (primary N) is 1. The van der Waals surface area contributed by atoms with Gasteiger partial charge in [-0.3, -0.25) is 4.79 Å². The van der Waals surface area contributed by atoms with Crippen LogP contribution in [0.25, 0.3) is 0 Å². The number of carbonyl (C=O) groups excluding carboxylic acids is 1. The molecule has 0 saturated carbocycles. The summed E-state index contributed by atoms with van der Waals surface area (Å²) in [7, 11) is 0. The van der Waals surface area contributed by atoms with Crippen molar-refractivity contribution in [3.8, 4) is 0 Å². The molecule has 0 fully saturated rings. The number of amides is 1. The lowest BCUT2D eigenvalue weighted by atomic mass is 10.0. The Labute approximate surface area is 117 Å². The second kappa shape index (κ2) is 7.54. The van der Waals surface area contributed by atoms with Crippen LogP contribution in [-0.2, 0) is 4.79 Å². The van der Waals surface area contributed by atoms with Crippen LogP contribution in [0.4, 0.5) is 5.69 Å². The summed E-state index contributed by atoms with van der Waals surface area (Å²) in [5.74, 6) is 0.577. The van der Waals surface area contributed by atoms with Crippen molar-refractivity contribution in [3.63, 3.8) is 0 Å². The predicted octanol–water partition coefficient (Wildman–Crippen LogP) is 3.46. The molecule has 0 radical (unpaired) electrons. The summed E-state index contributed by atoms with van der Waals surface area (Å²) in [5, 5.41) is 2.92. The van der Waals surface area contributed by atoms with E-state index in [4.69, 9.17) is 5.73 Å². The van der Waals surface area contributed by atoms with E-state index in [1.54, 1.807) is 0 Å². The number of hydrogen-bond donors (Lipinski definition) is 2. The molecule has 0 aliphatic carbocycles. The number of rotatable bonds is 6. The van der Waals surface area contributed by atoms with Crippen LogP contribution >= 0.6 is 15.9 Å². The molecule has 4 heteroatoms. The first-order valence-corrected chi connectivity index (χ1v) is 7.08. The standard InChI is InChI=1S/C14H21BrN2O/c1-10(7-8-16)3-6-14(18)17-12-4-5-13(15)11(2)9-12/h4-5,9-10H,3,6-8,16H2,1-2H3,(H,17,18). The first kappa shape index (κ1) is 15.2. The van der Waals surface area contributed by atoms with Gasteiger partial charge in [0.1, 0.15) is 0 Å². The van der Waals surface area contributed by atoms with Crippen molar-refractivity contribution in [1.82, 2.24) is 0 Å². The van der Waals surface area contributed by atoms with E-state index in [0.29, 0.717) is 18.9 Å². The molecule has 0 heterocycles. The molecule has 0 bridgehead atoms. The van der Waals surface area contributed by atoms with Gasteiger partial charge in [0.15, 0.2) is 0 Å². The molecule has 1 amide bonds. The van der Waals surface area contributed by atoms with Crippen LogP contribution < -0.4 is 11.1 Å². The van der Waals surface area contributed by atoms with Crippen molar-refractivity contribution in [3.05, 3.63) is 28.2 Å². The van der Waals surface area contributed by atoms with E-state index in [-0.39, 0.29) is 5.91 Å². The van der Waals surface area contributed by atoms with Crippen molar-refractivity contribution in [2.24, 2.45) is 11.7 Å². The van der Waals surface area contributed by atoms with Gasteiger partial charge in [-0.1, -0.05) is 22.9 Å². The van der Waals surface area contributed by atoms with E-state index in [2.05, 4.69) is 28.2 Å². The second-order valence-electron chi connectivity index (χ2n) is 4.73. The van der Waals surface area contributed by atoms with Crippen molar-refractivity contribution in [2.45, 2.75) is 33.1 Å². The van der Waals surface area contributed by atoms with Crippen molar-refractivity contribution >= 4 is 27.5 Å². The number of hydrogen-bond acceptors (Lipinski definition) is 2. The number of carbonyl (C=O) groups is 1. The summed E-state index contributed by atoms with van der Waals surface area (Å²) in [6.45, 7) is 4.82. The number of benzene rings is 1. The smallest absolute Gasteiger partial charge is 0.224 e. The second-order valence-corrected chi connectivity index (χ2v) is 5.59. The van der Waals surface area contributed by atoms with Gasteiger partial charge in [-0.25, -0.2) is 0 Å². The quantitative estimate of drug-likeness (QED) is 0.845. The maximum absolute atomic E-state index is 11.8. The zero-order valence-electron chi connectivity index (χ0n) is 11.0. The van der Waals surface area contributed by atoms with Gasteiger partial charge in [0.05, 0.1) is 0 Å². The number of halogens is 1. The highest BCUT2D eigenvalue weighted by atomic mass is 79.9. The number of aryl methyl sites for hydroxylation is 1. The minimum absolute atomic E-state index is 0.0700. The van der Waals surface area contributed by atoms with Crippen molar-refractivity contribution in [1.29, 1.82) is 0 Å². The third-order valence-corrected chi connectivity index (χ3v) is 3.86. The molecule has 0 spiro atoms. The Hall–Kier alpha value is -0.870. The predicted molar refractivity (Wildman–Crippen MR) is 79.6 cm³/mol. The van der Waals surface area contributed by atoms with Crippen LogP contribution in [0.15, 0.2) is 22.7 Å². The fourth-order valence-electron chi connectivity index (χ4n) is 1.75. The van der Waals surface area contributed by atoms with E-state index in [1.807, 2.05) is 25.1 Å². The summed E-state index contributed by atoms with van der Waals surface area (Å²) >= 11 is 3.44. The van der Waals surface area contributed by atoms with Gasteiger partial charge in [0.25, 0.3) is 0 Å². The zero-order chi connectivity index (χ0) is 13.5. The van der Waals surface area contributed by atoms with Crippen molar-refractivity contribution < 1.29 is 4.79 Å². The van der Waals surface area contributed by atoms with Crippen molar-refractivity contribution in [2.75, 3.05) is 11.9 Å². The van der Waals surface area contributed by atoms with Crippen LogP contribution in [-0.4, -0.2) is 12.5 Å². The summed E-state index contributed by atoms with van der Waals surface area (Å²) in [5.41, 5.74) is 7.45. The number of anilines is 1. The SMILES string of the molecule is Cc1cc(NC(=O)CCC(C)CCN)ccc1Br. The van der Waals surface area contributed by atoms with Gasteiger partial charge in [-0.15, -0.1) is 0 Å². The monoisotopic (exact) mass is 312 g/mol. The Kier molecular flexibility index (Phi) is 6.36. The Morgan fingerprint density at radius 1 is 1.44 bits per heavy atom. The van der Waals surface area contributed by atoms with E-state index in [0.717, 1.165) is 28.6 Å². The van der Waals surface area contributed by atoms with Crippen LogP contribution in [0.2, 0.25) is 0 Å². The Morgan fingerprint density at radius 3 is 2.78 bits per heavy atom. The van der Waals surface area contributed by atoms with Gasteiger partial charge in [0, 0.05) is 16.6 Å². The molecule has 1 atom stereocenters. The highest BCUT2D eigenvalue weighted by Gasteiger charge is 2.07. The van der Waals surface area contributed by atoms with E-state index < -0.39 is 0 Å². The maximum atomic E-state index is 11.8. The fraction of sp³-hybridized carbons (Fsp3) is 0.500. The molecule has 100 valence electrons. The lowest BCUT2D eigenvalue weighted by Gasteiger charge is -2.10. The van der Waals surface area contributed by atoms with Gasteiger partial charge in [-0.05, 0) is 56.0 Å². The van der Waals surface area contributed by atoms with Crippen LogP contribution in [0.5, 0.6) is 0 Å². The molecule has 0 aliphatic heterocycles. The molecular formula is C14H21BrN2O. The summed E-state index contributed by atoms with van der Waals surface area (Å²) in [4.78, 5) is 11.8. The molecule has 0 aliphatic rings. The summed E-state index contributed by atoms with van der Waals surface area (Å²) in [6, 6.07) is 5.81. The van der Waals surface area contributed by atoms with Gasteiger partial charge in [-0.2, -0.15) is 0 Å². The molecule has 3 N–H and O–H groups in total. The van der Waals surface area contributed by atoms with Crippen LogP contribution in [0.1, 0.15) is 31.7 Å². The molecule has 0 aromatic heterocycles. The minimum Gasteiger partial charge on any atom is -0.330 e. The largest absolute Gasteiger partial charge is 0.330 e. The summed E-state index contributed by atoms with van der Waals surface area (Å²) in [6.07, 6.45) is 2.42. The number of nitrogens with one attached hydrogen (secondary N) is 1. The maximum Gasteiger partial charge on any atom is 0.224 e. The molecule has 1 aromatic carbocycles. The lowest BCUT2D eigenvalue weighted by Crippen LogP contribution is -2.14. The topological polar surface area (TPSA) is 55.1 Å². The molecule has 1 rings (SSSR count). The first-order valence-electron chi connectivity index (χ1n) is 6.29. The highest BCUT2D eigenvalue weighted by molar-refractivity contribution is 9.10. The fourth-order valence-corrected chi connectivity index (χ4v) is 2.00. The Bertz CT molecular complexity index is 407. The van der Waals surface area contributed by atoms with Gasteiger partial charge >= 0.3 is 0 Å². The summed E-state index contributed by atoms with van der Waals surface area (Å²) < 4.78 is 1.05. The van der Waals surface area contributed by atoms with E-state index in [1.165, 1.54) is 0 Å². The van der Waals surface area contributed by atoms with E-state index >= 15 is 0 Å². The molecule has 3 nitrogen and oxygen atoms in total. The minimum atomic E-state index is 0.0700. The molecule has 1 aromatic rings. The molecular weight excluding hydrogens is 292 g/mol.